The van der Waals surface area contributed by atoms with Crippen molar-refractivity contribution in [1.82, 2.24) is 4.90 Å². The standard InChI is InChI=1S/C19H21ClN2O/c20-17-11-4-5-12-18(17)21-19(23)22-13-7-6-10-16(22)14-15-8-2-1-3-9-15/h1-5,8-9,11-12,16H,6-7,10,13-14H2,(H,21,23)/t16-/m1/s1. The topological polar surface area (TPSA) is 32.3 Å². The lowest BCUT2D eigenvalue weighted by molar-refractivity contribution is 0.162. The van der Waals surface area contributed by atoms with E-state index in [1.165, 1.54) is 12.0 Å². The minimum Gasteiger partial charge on any atom is -0.321 e. The molecule has 0 radical (unpaired) electrons. The van der Waals surface area contributed by atoms with Crippen LogP contribution in [0.15, 0.2) is 54.6 Å². The normalized spacial score (nSPS) is 17.8. The molecule has 23 heavy (non-hydrogen) atoms. The molecule has 0 aromatic heterocycles. The number of nitrogens with one attached hydrogen (secondary N) is 1. The zero-order valence-electron chi connectivity index (χ0n) is 13.0. The van der Waals surface area contributed by atoms with Crippen LogP contribution in [-0.2, 0) is 6.42 Å². The average Bonchev–Trinajstić information content (AvgIpc) is 2.58. The lowest BCUT2D eigenvalue weighted by atomic mass is 9.96. The number of rotatable bonds is 3. The summed E-state index contributed by atoms with van der Waals surface area (Å²) in [5.41, 5.74) is 1.94. The lowest BCUT2D eigenvalue weighted by Gasteiger charge is -2.36. The van der Waals surface area contributed by atoms with Crippen LogP contribution in [0.4, 0.5) is 10.5 Å². The lowest BCUT2D eigenvalue weighted by Crippen LogP contribution is -2.46. The third-order valence-electron chi connectivity index (χ3n) is 4.32. The van der Waals surface area contributed by atoms with Gasteiger partial charge in [-0.15, -0.1) is 0 Å². The summed E-state index contributed by atoms with van der Waals surface area (Å²) in [4.78, 5) is 14.6. The van der Waals surface area contributed by atoms with E-state index in [1.54, 1.807) is 6.07 Å². The van der Waals surface area contributed by atoms with Gasteiger partial charge in [-0.2, -0.15) is 0 Å². The summed E-state index contributed by atoms with van der Waals surface area (Å²) >= 11 is 6.14. The molecule has 1 N–H and O–H groups in total. The van der Waals surface area contributed by atoms with E-state index < -0.39 is 0 Å². The van der Waals surface area contributed by atoms with Gasteiger partial charge in [0.2, 0.25) is 0 Å². The molecule has 4 heteroatoms. The van der Waals surface area contributed by atoms with Crippen LogP contribution in [0, 0.1) is 0 Å². The number of carbonyl (C=O) groups is 1. The number of para-hydroxylation sites is 1. The Hall–Kier alpha value is -2.00. The van der Waals surface area contributed by atoms with Crippen LogP contribution in [0.25, 0.3) is 0 Å². The predicted molar refractivity (Wildman–Crippen MR) is 95.0 cm³/mol. The van der Waals surface area contributed by atoms with Gasteiger partial charge in [0.15, 0.2) is 0 Å². The molecule has 1 fully saturated rings. The Kier molecular flexibility index (Phi) is 5.19. The average molecular weight is 329 g/mol. The minimum atomic E-state index is -0.0567. The molecule has 1 aliphatic rings. The molecule has 2 aromatic carbocycles. The molecule has 1 heterocycles. The molecule has 0 saturated carbocycles. The van der Waals surface area contributed by atoms with Crippen LogP contribution < -0.4 is 5.32 Å². The first-order chi connectivity index (χ1) is 11.2. The van der Waals surface area contributed by atoms with Gasteiger partial charge in [0.05, 0.1) is 10.7 Å². The Morgan fingerprint density at radius 3 is 2.61 bits per heavy atom. The molecule has 0 spiro atoms. The fourth-order valence-corrected chi connectivity index (χ4v) is 3.30. The van der Waals surface area contributed by atoms with Crippen molar-refractivity contribution in [3.05, 3.63) is 65.2 Å². The van der Waals surface area contributed by atoms with Gasteiger partial charge in [-0.1, -0.05) is 54.1 Å². The van der Waals surface area contributed by atoms with E-state index in [4.69, 9.17) is 11.6 Å². The third-order valence-corrected chi connectivity index (χ3v) is 4.65. The van der Waals surface area contributed by atoms with Crippen molar-refractivity contribution >= 4 is 23.3 Å². The fraction of sp³-hybridized carbons (Fsp3) is 0.316. The van der Waals surface area contributed by atoms with Crippen molar-refractivity contribution in [3.8, 4) is 0 Å². The van der Waals surface area contributed by atoms with Gasteiger partial charge in [-0.3, -0.25) is 0 Å². The third kappa shape index (κ3) is 4.05. The summed E-state index contributed by atoms with van der Waals surface area (Å²) in [5, 5.41) is 3.52. The van der Waals surface area contributed by atoms with Crippen LogP contribution >= 0.6 is 11.6 Å². The molecule has 2 aromatic rings. The van der Waals surface area contributed by atoms with Gasteiger partial charge in [0.25, 0.3) is 0 Å². The molecule has 0 unspecified atom stereocenters. The summed E-state index contributed by atoms with van der Waals surface area (Å²) in [6, 6.07) is 17.9. The highest BCUT2D eigenvalue weighted by Gasteiger charge is 2.27. The van der Waals surface area contributed by atoms with Gasteiger partial charge in [-0.05, 0) is 43.4 Å². The van der Waals surface area contributed by atoms with Crippen LogP contribution in [0.2, 0.25) is 5.02 Å². The molecule has 3 rings (SSSR count). The first-order valence-corrected chi connectivity index (χ1v) is 8.48. The maximum Gasteiger partial charge on any atom is 0.322 e. The second-order valence-corrected chi connectivity index (χ2v) is 6.35. The highest BCUT2D eigenvalue weighted by Crippen LogP contribution is 2.24. The van der Waals surface area contributed by atoms with Crippen molar-refractivity contribution in [2.45, 2.75) is 31.7 Å². The Morgan fingerprint density at radius 2 is 1.83 bits per heavy atom. The first-order valence-electron chi connectivity index (χ1n) is 8.10. The Bertz CT molecular complexity index is 659. The number of hydrogen-bond acceptors (Lipinski definition) is 1. The first kappa shape index (κ1) is 15.9. The predicted octanol–water partition coefficient (Wildman–Crippen LogP) is 4.97. The molecule has 120 valence electrons. The van der Waals surface area contributed by atoms with Gasteiger partial charge in [0.1, 0.15) is 0 Å². The van der Waals surface area contributed by atoms with E-state index in [2.05, 4.69) is 17.4 Å². The number of hydrogen-bond donors (Lipinski definition) is 1. The Balaban J connectivity index is 1.70. The Labute approximate surface area is 142 Å². The second kappa shape index (κ2) is 7.51. The van der Waals surface area contributed by atoms with E-state index in [0.29, 0.717) is 10.7 Å². The van der Waals surface area contributed by atoms with Crippen LogP contribution in [0.3, 0.4) is 0 Å². The number of piperidine rings is 1. The quantitative estimate of drug-likeness (QED) is 0.847. The van der Waals surface area contributed by atoms with Crippen molar-refractivity contribution in [2.75, 3.05) is 11.9 Å². The second-order valence-electron chi connectivity index (χ2n) is 5.94. The summed E-state index contributed by atoms with van der Waals surface area (Å²) in [7, 11) is 0. The molecular weight excluding hydrogens is 308 g/mol. The smallest absolute Gasteiger partial charge is 0.321 e. The van der Waals surface area contributed by atoms with Gasteiger partial charge in [0, 0.05) is 12.6 Å². The molecule has 3 nitrogen and oxygen atoms in total. The van der Waals surface area contributed by atoms with Gasteiger partial charge >= 0.3 is 6.03 Å². The van der Waals surface area contributed by atoms with E-state index >= 15 is 0 Å². The monoisotopic (exact) mass is 328 g/mol. The van der Waals surface area contributed by atoms with E-state index in [-0.39, 0.29) is 12.1 Å². The summed E-state index contributed by atoms with van der Waals surface area (Å²) in [6.07, 6.45) is 4.18. The Morgan fingerprint density at radius 1 is 1.09 bits per heavy atom. The SMILES string of the molecule is O=C(Nc1ccccc1Cl)N1CCCC[C@@H]1Cc1ccccc1. The zero-order chi connectivity index (χ0) is 16.1. The highest BCUT2D eigenvalue weighted by molar-refractivity contribution is 6.33. The summed E-state index contributed by atoms with van der Waals surface area (Å²) in [6.45, 7) is 0.799. The van der Waals surface area contributed by atoms with E-state index in [9.17, 15) is 4.79 Å². The van der Waals surface area contributed by atoms with Crippen molar-refractivity contribution in [1.29, 1.82) is 0 Å². The zero-order valence-corrected chi connectivity index (χ0v) is 13.8. The molecule has 2 amide bonds. The van der Waals surface area contributed by atoms with Gasteiger partial charge < -0.3 is 10.2 Å². The molecule has 1 saturated heterocycles. The number of likely N-dealkylation sites (tertiary alicyclic amines) is 1. The summed E-state index contributed by atoms with van der Waals surface area (Å²) < 4.78 is 0. The molecule has 1 aliphatic heterocycles. The van der Waals surface area contributed by atoms with Gasteiger partial charge in [-0.25, -0.2) is 4.79 Å². The maximum atomic E-state index is 12.7. The van der Waals surface area contributed by atoms with Crippen molar-refractivity contribution in [2.24, 2.45) is 0 Å². The van der Waals surface area contributed by atoms with E-state index in [0.717, 1.165) is 25.8 Å². The largest absolute Gasteiger partial charge is 0.322 e. The molecular formula is C19H21ClN2O. The van der Waals surface area contributed by atoms with Crippen LogP contribution in [-0.4, -0.2) is 23.5 Å². The molecule has 1 atom stereocenters. The summed E-state index contributed by atoms with van der Waals surface area (Å²) in [5.74, 6) is 0. The molecule has 0 bridgehead atoms. The highest BCUT2D eigenvalue weighted by atomic mass is 35.5. The van der Waals surface area contributed by atoms with Crippen LogP contribution in [0.5, 0.6) is 0 Å². The number of urea groups is 1. The van der Waals surface area contributed by atoms with E-state index in [1.807, 2.05) is 41.3 Å². The molecule has 0 aliphatic carbocycles. The minimum absolute atomic E-state index is 0.0567. The number of nitrogens with zero attached hydrogens (tertiary/aromatic N) is 1. The maximum absolute atomic E-state index is 12.7. The number of amides is 2. The number of benzene rings is 2. The number of carbonyl (C=O) groups excluding carboxylic acids is 1. The van der Waals surface area contributed by atoms with Crippen molar-refractivity contribution in [3.63, 3.8) is 0 Å². The number of halogens is 1. The van der Waals surface area contributed by atoms with Crippen LogP contribution in [0.1, 0.15) is 24.8 Å². The fourth-order valence-electron chi connectivity index (χ4n) is 3.12. The van der Waals surface area contributed by atoms with Crippen molar-refractivity contribution < 1.29 is 4.79 Å². The number of anilines is 1.